The van der Waals surface area contributed by atoms with Crippen LogP contribution in [-0.2, 0) is 16.0 Å². The first-order valence-electron chi connectivity index (χ1n) is 7.49. The lowest BCUT2D eigenvalue weighted by Gasteiger charge is -2.31. The maximum Gasteiger partial charge on any atom is 0.306 e. The van der Waals surface area contributed by atoms with E-state index >= 15 is 0 Å². The minimum Gasteiger partial charge on any atom is -0.466 e. The fourth-order valence-corrected chi connectivity index (χ4v) is 2.77. The van der Waals surface area contributed by atoms with Crippen LogP contribution < -0.4 is 4.90 Å². The van der Waals surface area contributed by atoms with E-state index in [0.717, 1.165) is 24.2 Å². The van der Waals surface area contributed by atoms with Crippen molar-refractivity contribution in [1.82, 2.24) is 4.98 Å². The Bertz CT molecular complexity index is 454. The molecule has 0 atom stereocenters. The number of aromatic nitrogens is 1. The van der Waals surface area contributed by atoms with Crippen LogP contribution in [-0.4, -0.2) is 30.6 Å². The van der Waals surface area contributed by atoms with Gasteiger partial charge < -0.3 is 9.64 Å². The molecule has 2 heterocycles. The average Bonchev–Trinajstić information content (AvgIpc) is 2.46. The van der Waals surface area contributed by atoms with Crippen molar-refractivity contribution in [3.05, 3.63) is 23.5 Å². The van der Waals surface area contributed by atoms with Gasteiger partial charge >= 0.3 is 5.97 Å². The van der Waals surface area contributed by atoms with Gasteiger partial charge in [-0.1, -0.05) is 0 Å². The Morgan fingerprint density at radius 1 is 1.40 bits per heavy atom. The first kappa shape index (κ1) is 14.8. The van der Waals surface area contributed by atoms with Gasteiger partial charge in [-0.2, -0.15) is 0 Å². The standard InChI is InChI=1S/C16H23N2O2/c1-3-20-15(19)8-7-14-12-17-11-13(2)16(14)18-9-5-4-6-10-18/h12H,3-10H2,1-2H3. The molecule has 0 unspecified atom stereocenters. The van der Waals surface area contributed by atoms with Gasteiger partial charge in [-0.25, -0.2) is 0 Å². The molecule has 1 aromatic heterocycles. The lowest BCUT2D eigenvalue weighted by atomic mass is 10.0. The molecule has 4 heteroatoms. The van der Waals surface area contributed by atoms with Crippen molar-refractivity contribution in [2.75, 3.05) is 24.6 Å². The molecule has 0 bridgehead atoms. The number of aryl methyl sites for hydroxylation is 2. The topological polar surface area (TPSA) is 42.4 Å². The number of pyridine rings is 1. The van der Waals surface area contributed by atoms with Crippen LogP contribution in [0.3, 0.4) is 0 Å². The molecule has 1 fully saturated rings. The number of carbonyl (C=O) groups excluding carboxylic acids is 1. The normalized spacial score (nSPS) is 15.2. The fraction of sp³-hybridized carbons (Fsp3) is 0.625. The van der Waals surface area contributed by atoms with Gasteiger partial charge in [-0.15, -0.1) is 0 Å². The van der Waals surface area contributed by atoms with E-state index in [2.05, 4.69) is 16.1 Å². The summed E-state index contributed by atoms with van der Waals surface area (Å²) >= 11 is 0. The first-order chi connectivity index (χ1) is 9.72. The van der Waals surface area contributed by atoms with Gasteiger partial charge in [0.2, 0.25) is 0 Å². The highest BCUT2D eigenvalue weighted by Crippen LogP contribution is 2.27. The van der Waals surface area contributed by atoms with Crippen molar-refractivity contribution in [1.29, 1.82) is 0 Å². The first-order valence-corrected chi connectivity index (χ1v) is 7.49. The third kappa shape index (κ3) is 3.71. The lowest BCUT2D eigenvalue weighted by molar-refractivity contribution is -0.143. The molecule has 0 aliphatic carbocycles. The molecule has 2 rings (SSSR count). The molecule has 109 valence electrons. The zero-order chi connectivity index (χ0) is 14.4. The summed E-state index contributed by atoms with van der Waals surface area (Å²) in [5, 5.41) is 0. The highest BCUT2D eigenvalue weighted by molar-refractivity contribution is 5.70. The second-order valence-electron chi connectivity index (χ2n) is 5.22. The van der Waals surface area contributed by atoms with Crippen molar-refractivity contribution in [3.8, 4) is 0 Å². The number of esters is 1. The molecule has 0 N–H and O–H groups in total. The van der Waals surface area contributed by atoms with E-state index < -0.39 is 0 Å². The van der Waals surface area contributed by atoms with Gasteiger partial charge in [0.15, 0.2) is 0 Å². The van der Waals surface area contributed by atoms with E-state index in [0.29, 0.717) is 19.4 Å². The van der Waals surface area contributed by atoms with Gasteiger partial charge in [0.1, 0.15) is 0 Å². The van der Waals surface area contributed by atoms with Gasteiger partial charge in [0.05, 0.1) is 12.8 Å². The molecule has 0 saturated carbocycles. The van der Waals surface area contributed by atoms with Crippen molar-refractivity contribution in [3.63, 3.8) is 0 Å². The Kier molecular flexibility index (Phi) is 5.39. The van der Waals surface area contributed by atoms with Crippen molar-refractivity contribution < 1.29 is 9.53 Å². The summed E-state index contributed by atoms with van der Waals surface area (Å²) in [6.45, 7) is 6.50. The third-order valence-electron chi connectivity index (χ3n) is 3.69. The zero-order valence-corrected chi connectivity index (χ0v) is 12.4. The van der Waals surface area contributed by atoms with Crippen LogP contribution in [0, 0.1) is 13.1 Å². The van der Waals surface area contributed by atoms with Crippen molar-refractivity contribution in [2.45, 2.75) is 46.0 Å². The second kappa shape index (κ2) is 7.27. The second-order valence-corrected chi connectivity index (χ2v) is 5.22. The molecule has 20 heavy (non-hydrogen) atoms. The molecule has 0 amide bonds. The summed E-state index contributed by atoms with van der Waals surface area (Å²) in [7, 11) is 0. The van der Waals surface area contributed by atoms with Gasteiger partial charge in [-0.05, 0) is 45.1 Å². The minimum absolute atomic E-state index is 0.137. The molecule has 4 nitrogen and oxygen atoms in total. The number of carbonyl (C=O) groups is 1. The van der Waals surface area contributed by atoms with Crippen LogP contribution in [0.15, 0.2) is 6.20 Å². The van der Waals surface area contributed by atoms with E-state index in [1.54, 1.807) is 0 Å². The summed E-state index contributed by atoms with van der Waals surface area (Å²) in [4.78, 5) is 18.1. The number of ether oxygens (including phenoxy) is 1. The fourth-order valence-electron chi connectivity index (χ4n) is 2.77. The summed E-state index contributed by atoms with van der Waals surface area (Å²) < 4.78 is 5.00. The highest BCUT2D eigenvalue weighted by atomic mass is 16.5. The Hall–Kier alpha value is -1.58. The molecule has 1 aromatic rings. The Labute approximate surface area is 121 Å². The smallest absolute Gasteiger partial charge is 0.306 e. The van der Waals surface area contributed by atoms with Crippen LogP contribution in [0.25, 0.3) is 0 Å². The number of hydrogen-bond donors (Lipinski definition) is 0. The van der Waals surface area contributed by atoms with Crippen LogP contribution in [0.1, 0.15) is 43.7 Å². The molecule has 1 radical (unpaired) electrons. The molecule has 1 aliphatic rings. The summed E-state index contributed by atoms with van der Waals surface area (Å²) in [6.07, 6.45) is 9.77. The minimum atomic E-state index is -0.137. The monoisotopic (exact) mass is 275 g/mol. The van der Waals surface area contributed by atoms with E-state index in [4.69, 9.17) is 4.74 Å². The quantitative estimate of drug-likeness (QED) is 0.775. The lowest BCUT2D eigenvalue weighted by Crippen LogP contribution is -2.31. The molecular formula is C16H23N2O2. The predicted octanol–water partition coefficient (Wildman–Crippen LogP) is 2.68. The molecular weight excluding hydrogens is 252 g/mol. The van der Waals surface area contributed by atoms with Crippen LogP contribution in [0.5, 0.6) is 0 Å². The van der Waals surface area contributed by atoms with E-state index in [9.17, 15) is 4.79 Å². The number of anilines is 1. The largest absolute Gasteiger partial charge is 0.466 e. The number of hydrogen-bond acceptors (Lipinski definition) is 4. The summed E-state index contributed by atoms with van der Waals surface area (Å²) in [6, 6.07) is 0. The molecule has 1 aliphatic heterocycles. The van der Waals surface area contributed by atoms with Crippen LogP contribution in [0.4, 0.5) is 5.69 Å². The molecule has 1 saturated heterocycles. The zero-order valence-electron chi connectivity index (χ0n) is 12.4. The van der Waals surface area contributed by atoms with Crippen LogP contribution >= 0.6 is 0 Å². The maximum absolute atomic E-state index is 11.5. The van der Waals surface area contributed by atoms with Gasteiger partial charge in [0.25, 0.3) is 0 Å². The SMILES string of the molecule is CCOC(=O)CCc1cn[c]c(C)c1N1CCCCC1. The van der Waals surface area contributed by atoms with Crippen molar-refractivity contribution in [2.24, 2.45) is 0 Å². The van der Waals surface area contributed by atoms with E-state index in [-0.39, 0.29) is 5.97 Å². The summed E-state index contributed by atoms with van der Waals surface area (Å²) in [5.41, 5.74) is 3.44. The summed E-state index contributed by atoms with van der Waals surface area (Å²) in [5.74, 6) is -0.137. The number of nitrogens with zero attached hydrogens (tertiary/aromatic N) is 2. The molecule has 0 spiro atoms. The van der Waals surface area contributed by atoms with Gasteiger partial charge in [0, 0.05) is 37.0 Å². The van der Waals surface area contributed by atoms with Gasteiger partial charge in [-0.3, -0.25) is 9.78 Å². The van der Waals surface area contributed by atoms with E-state index in [1.807, 2.05) is 20.0 Å². The Morgan fingerprint density at radius 2 is 2.15 bits per heavy atom. The number of piperidine rings is 1. The Morgan fingerprint density at radius 3 is 2.85 bits per heavy atom. The average molecular weight is 275 g/mol. The van der Waals surface area contributed by atoms with E-state index in [1.165, 1.54) is 24.9 Å². The number of rotatable bonds is 5. The highest BCUT2D eigenvalue weighted by Gasteiger charge is 2.17. The van der Waals surface area contributed by atoms with Crippen molar-refractivity contribution >= 4 is 11.7 Å². The molecule has 0 aromatic carbocycles. The third-order valence-corrected chi connectivity index (χ3v) is 3.69. The van der Waals surface area contributed by atoms with Crippen LogP contribution in [0.2, 0.25) is 0 Å². The maximum atomic E-state index is 11.5. The predicted molar refractivity (Wildman–Crippen MR) is 78.8 cm³/mol. The Balaban J connectivity index is 2.11.